The van der Waals surface area contributed by atoms with Crippen molar-refractivity contribution in [1.29, 1.82) is 0 Å². The Labute approximate surface area is 136 Å². The fourth-order valence-corrected chi connectivity index (χ4v) is 3.68. The topological polar surface area (TPSA) is 39.7 Å². The van der Waals surface area contributed by atoms with Crippen LogP contribution in [-0.4, -0.2) is 49.6 Å². The van der Waals surface area contributed by atoms with Crippen LogP contribution in [0.25, 0.3) is 0 Å². The summed E-state index contributed by atoms with van der Waals surface area (Å²) in [5, 5.41) is 6.99. The Hall–Kier alpha value is -1.03. The second-order valence-electron chi connectivity index (χ2n) is 6.60. The van der Waals surface area contributed by atoms with E-state index in [1.165, 1.54) is 58.0 Å². The summed E-state index contributed by atoms with van der Waals surface area (Å²) < 4.78 is 0. The molecule has 0 bridgehead atoms. The van der Waals surface area contributed by atoms with Gasteiger partial charge in [0.05, 0.1) is 0 Å². The van der Waals surface area contributed by atoms with Gasteiger partial charge in [-0.3, -0.25) is 4.99 Å². The van der Waals surface area contributed by atoms with Gasteiger partial charge >= 0.3 is 0 Å². The molecule has 1 heterocycles. The smallest absolute Gasteiger partial charge is 0.191 e. The molecule has 0 spiro atoms. The molecule has 1 saturated carbocycles. The third kappa shape index (κ3) is 5.64. The molecular formula is C18H34N4. The van der Waals surface area contributed by atoms with E-state index in [0.717, 1.165) is 25.0 Å². The summed E-state index contributed by atoms with van der Waals surface area (Å²) in [6.45, 7) is 5.51. The highest BCUT2D eigenvalue weighted by atomic mass is 15.2. The Morgan fingerprint density at radius 1 is 1.14 bits per heavy atom. The maximum atomic E-state index is 4.35. The molecule has 126 valence electrons. The van der Waals surface area contributed by atoms with E-state index >= 15 is 0 Å². The van der Waals surface area contributed by atoms with Crippen LogP contribution in [0.4, 0.5) is 0 Å². The van der Waals surface area contributed by atoms with Gasteiger partial charge in [-0.1, -0.05) is 31.4 Å². The van der Waals surface area contributed by atoms with Crippen molar-refractivity contribution in [3.63, 3.8) is 0 Å². The largest absolute Gasteiger partial charge is 0.356 e. The SMILES string of the molecule is C/C=C/CCNC(=NC)NC1CCN(C2CCCCC2)CC1. The number of piperidine rings is 1. The van der Waals surface area contributed by atoms with E-state index < -0.39 is 0 Å². The third-order valence-electron chi connectivity index (χ3n) is 5.02. The van der Waals surface area contributed by atoms with Crippen LogP contribution < -0.4 is 10.6 Å². The van der Waals surface area contributed by atoms with E-state index in [1.54, 1.807) is 0 Å². The van der Waals surface area contributed by atoms with E-state index in [0.29, 0.717) is 6.04 Å². The molecule has 0 radical (unpaired) electrons. The molecule has 0 amide bonds. The van der Waals surface area contributed by atoms with Crippen LogP contribution in [0.5, 0.6) is 0 Å². The molecule has 2 fully saturated rings. The zero-order valence-corrected chi connectivity index (χ0v) is 14.5. The predicted molar refractivity (Wildman–Crippen MR) is 95.4 cm³/mol. The first-order valence-corrected chi connectivity index (χ1v) is 9.16. The number of rotatable bonds is 5. The fourth-order valence-electron chi connectivity index (χ4n) is 3.68. The molecule has 2 aliphatic rings. The van der Waals surface area contributed by atoms with Gasteiger partial charge in [0.25, 0.3) is 0 Å². The highest BCUT2D eigenvalue weighted by Gasteiger charge is 2.26. The number of hydrogen-bond donors (Lipinski definition) is 2. The van der Waals surface area contributed by atoms with Gasteiger partial charge in [0.2, 0.25) is 0 Å². The minimum atomic E-state index is 0.577. The van der Waals surface area contributed by atoms with Crippen LogP contribution in [0.3, 0.4) is 0 Å². The number of nitrogens with one attached hydrogen (secondary N) is 2. The fraction of sp³-hybridized carbons (Fsp3) is 0.833. The highest BCUT2D eigenvalue weighted by molar-refractivity contribution is 5.79. The van der Waals surface area contributed by atoms with E-state index in [-0.39, 0.29) is 0 Å². The van der Waals surface area contributed by atoms with Crippen molar-refractivity contribution in [2.45, 2.75) is 70.4 Å². The first-order chi connectivity index (χ1) is 10.8. The van der Waals surface area contributed by atoms with Crippen LogP contribution >= 0.6 is 0 Å². The zero-order valence-electron chi connectivity index (χ0n) is 14.5. The van der Waals surface area contributed by atoms with Gasteiger partial charge in [0, 0.05) is 38.8 Å². The molecule has 0 atom stereocenters. The monoisotopic (exact) mass is 306 g/mol. The third-order valence-corrected chi connectivity index (χ3v) is 5.02. The average molecular weight is 306 g/mol. The summed E-state index contributed by atoms with van der Waals surface area (Å²) >= 11 is 0. The lowest BCUT2D eigenvalue weighted by Crippen LogP contribution is -2.51. The van der Waals surface area contributed by atoms with E-state index in [2.05, 4.69) is 39.6 Å². The number of nitrogens with zero attached hydrogens (tertiary/aromatic N) is 2. The molecule has 4 heteroatoms. The van der Waals surface area contributed by atoms with Gasteiger partial charge in [0.1, 0.15) is 0 Å². The minimum absolute atomic E-state index is 0.577. The van der Waals surface area contributed by atoms with Crippen LogP contribution in [0.2, 0.25) is 0 Å². The van der Waals surface area contributed by atoms with Gasteiger partial charge in [-0.05, 0) is 39.0 Å². The maximum absolute atomic E-state index is 4.35. The second kappa shape index (κ2) is 9.88. The van der Waals surface area contributed by atoms with Crippen molar-refractivity contribution < 1.29 is 0 Å². The summed E-state index contributed by atoms with van der Waals surface area (Å²) in [5.74, 6) is 0.959. The van der Waals surface area contributed by atoms with Crippen molar-refractivity contribution in [2.75, 3.05) is 26.7 Å². The Morgan fingerprint density at radius 3 is 2.50 bits per heavy atom. The Kier molecular flexibility index (Phi) is 7.78. The van der Waals surface area contributed by atoms with Crippen LogP contribution in [0, 0.1) is 0 Å². The van der Waals surface area contributed by atoms with Crippen LogP contribution in [0.1, 0.15) is 58.3 Å². The number of guanidine groups is 1. The first-order valence-electron chi connectivity index (χ1n) is 9.16. The van der Waals surface area contributed by atoms with Crippen LogP contribution in [-0.2, 0) is 0 Å². The zero-order chi connectivity index (χ0) is 15.6. The van der Waals surface area contributed by atoms with Crippen LogP contribution in [0.15, 0.2) is 17.1 Å². The summed E-state index contributed by atoms with van der Waals surface area (Å²) in [6.07, 6.45) is 15.0. The summed E-state index contributed by atoms with van der Waals surface area (Å²) in [5.41, 5.74) is 0. The highest BCUT2D eigenvalue weighted by Crippen LogP contribution is 2.25. The molecular weight excluding hydrogens is 272 g/mol. The van der Waals surface area contributed by atoms with Gasteiger partial charge in [-0.15, -0.1) is 0 Å². The molecule has 0 unspecified atom stereocenters. The molecule has 2 N–H and O–H groups in total. The average Bonchev–Trinajstić information content (AvgIpc) is 2.59. The molecule has 1 aliphatic heterocycles. The molecule has 1 aliphatic carbocycles. The van der Waals surface area contributed by atoms with E-state index in [4.69, 9.17) is 0 Å². The molecule has 0 aromatic heterocycles. The second-order valence-corrected chi connectivity index (χ2v) is 6.60. The molecule has 1 saturated heterocycles. The standard InChI is InChI=1S/C18H34N4/c1-3-4-8-13-20-18(19-2)21-16-11-14-22(15-12-16)17-9-6-5-7-10-17/h3-4,16-17H,5-15H2,1-2H3,(H2,19,20,21)/b4-3+. The van der Waals surface area contributed by atoms with Gasteiger partial charge in [0.15, 0.2) is 5.96 Å². The lowest BCUT2D eigenvalue weighted by Gasteiger charge is -2.39. The minimum Gasteiger partial charge on any atom is -0.356 e. The number of aliphatic imine (C=N–C) groups is 1. The lowest BCUT2D eigenvalue weighted by atomic mass is 9.92. The van der Waals surface area contributed by atoms with Crippen molar-refractivity contribution in [2.24, 2.45) is 4.99 Å². The maximum Gasteiger partial charge on any atom is 0.191 e. The number of allylic oxidation sites excluding steroid dienone is 1. The van der Waals surface area contributed by atoms with Gasteiger partial charge in [-0.2, -0.15) is 0 Å². The quantitative estimate of drug-likeness (QED) is 0.355. The molecule has 2 rings (SSSR count). The lowest BCUT2D eigenvalue weighted by molar-refractivity contribution is 0.119. The van der Waals surface area contributed by atoms with E-state index in [9.17, 15) is 0 Å². The van der Waals surface area contributed by atoms with Crippen molar-refractivity contribution in [1.82, 2.24) is 15.5 Å². The van der Waals surface area contributed by atoms with E-state index in [1.807, 2.05) is 7.05 Å². The molecule has 4 nitrogen and oxygen atoms in total. The van der Waals surface area contributed by atoms with Gasteiger partial charge < -0.3 is 15.5 Å². The van der Waals surface area contributed by atoms with Gasteiger partial charge in [-0.25, -0.2) is 0 Å². The Balaban J connectivity index is 1.67. The molecule has 0 aromatic carbocycles. The Bertz CT molecular complexity index is 350. The molecule has 0 aromatic rings. The summed E-state index contributed by atoms with van der Waals surface area (Å²) in [7, 11) is 1.86. The Morgan fingerprint density at radius 2 is 1.86 bits per heavy atom. The normalized spacial score (nSPS) is 23.1. The molecule has 22 heavy (non-hydrogen) atoms. The number of likely N-dealkylation sites (tertiary alicyclic amines) is 1. The van der Waals surface area contributed by atoms with Crippen molar-refractivity contribution in [3.8, 4) is 0 Å². The van der Waals surface area contributed by atoms with Crippen molar-refractivity contribution in [3.05, 3.63) is 12.2 Å². The predicted octanol–water partition coefficient (Wildman–Crippen LogP) is 2.91. The summed E-state index contributed by atoms with van der Waals surface area (Å²) in [6, 6.07) is 1.45. The summed E-state index contributed by atoms with van der Waals surface area (Å²) in [4.78, 5) is 7.08. The van der Waals surface area contributed by atoms with Crippen molar-refractivity contribution >= 4 is 5.96 Å². The number of hydrogen-bond acceptors (Lipinski definition) is 2. The first kappa shape index (κ1) is 17.3.